The Morgan fingerprint density at radius 1 is 0.761 bits per heavy atom. The molecule has 2 amide bonds. The van der Waals surface area contributed by atoms with Crippen molar-refractivity contribution in [3.05, 3.63) is 161 Å². The Hall–Kier alpha value is -6.05. The third kappa shape index (κ3) is 14.3. The highest BCUT2D eigenvalue weighted by atomic mass is 31.2. The predicted molar refractivity (Wildman–Crippen MR) is 275 cm³/mol. The SMILES string of the molecule is COc1ccc(C(NCCCC(=O)NCC(CNC(=O)CCC(N)C(=O)OCC2c3ccccc3-c3ccccc32)OP(O)N(OCCC#N)N(C(C)C)C(C)C)(c2ccccc2)c2ccccc2)cc1. The van der Waals surface area contributed by atoms with Crippen LogP contribution in [0.2, 0.25) is 0 Å². The van der Waals surface area contributed by atoms with E-state index in [1.165, 1.54) is 4.94 Å². The van der Waals surface area contributed by atoms with Gasteiger partial charge in [0.25, 0.3) is 8.53 Å². The molecule has 0 bridgehead atoms. The smallest absolute Gasteiger partial charge is 0.322 e. The van der Waals surface area contributed by atoms with Gasteiger partial charge in [-0.25, -0.2) is 5.01 Å². The molecule has 0 heterocycles. The first-order valence-corrected chi connectivity index (χ1v) is 25.4. The highest BCUT2D eigenvalue weighted by molar-refractivity contribution is 7.43. The van der Waals surface area contributed by atoms with Gasteiger partial charge in [0.05, 0.1) is 31.7 Å². The van der Waals surface area contributed by atoms with Crippen molar-refractivity contribution in [2.24, 2.45) is 5.73 Å². The second kappa shape index (κ2) is 27.0. The molecule has 15 nitrogen and oxygen atoms in total. The number of rotatable bonds is 28. The summed E-state index contributed by atoms with van der Waals surface area (Å²) in [6, 6.07) is 45.2. The first-order chi connectivity index (χ1) is 34.4. The first kappa shape index (κ1) is 54.3. The molecule has 5 aromatic carbocycles. The average Bonchev–Trinajstić information content (AvgIpc) is 3.71. The number of hydrazine groups is 1. The average molecular weight is 986 g/mol. The van der Waals surface area contributed by atoms with E-state index in [1.807, 2.05) is 125 Å². The van der Waals surface area contributed by atoms with E-state index in [-0.39, 0.29) is 75.9 Å². The molecule has 0 spiro atoms. The van der Waals surface area contributed by atoms with Gasteiger partial charge < -0.3 is 35.3 Å². The van der Waals surface area contributed by atoms with Crippen molar-refractivity contribution < 1.29 is 38.1 Å². The van der Waals surface area contributed by atoms with E-state index < -0.39 is 38.1 Å². The fourth-order valence-electron chi connectivity index (χ4n) is 8.99. The van der Waals surface area contributed by atoms with Gasteiger partial charge in [-0.15, -0.1) is 0 Å². The molecule has 0 aromatic heterocycles. The number of methoxy groups -OCH3 is 1. The number of nitrogens with two attached hydrogens (primary N) is 1. The van der Waals surface area contributed by atoms with E-state index in [0.717, 1.165) is 44.7 Å². The van der Waals surface area contributed by atoms with Crippen LogP contribution in [-0.2, 0) is 34.0 Å². The number of carbonyl (C=O) groups is 3. The van der Waals surface area contributed by atoms with Crippen molar-refractivity contribution in [1.82, 2.24) is 25.9 Å². The highest BCUT2D eigenvalue weighted by Crippen LogP contribution is 2.45. The number of esters is 1. The van der Waals surface area contributed by atoms with Crippen LogP contribution < -0.4 is 26.4 Å². The molecular formula is C55H68N7O8P. The molecule has 0 fully saturated rings. The van der Waals surface area contributed by atoms with E-state index >= 15 is 0 Å². The Morgan fingerprint density at radius 2 is 1.28 bits per heavy atom. The lowest BCUT2D eigenvalue weighted by molar-refractivity contribution is -0.246. The number of fused-ring (bicyclic) bond motifs is 3. The summed E-state index contributed by atoms with van der Waals surface area (Å²) in [6.45, 7) is 8.16. The number of amides is 2. The largest absolute Gasteiger partial charge is 0.497 e. The molecule has 6 N–H and O–H groups in total. The Labute approximate surface area is 419 Å². The number of nitrogens with one attached hydrogen (secondary N) is 3. The van der Waals surface area contributed by atoms with Crippen LogP contribution in [0, 0.1) is 11.3 Å². The Balaban J connectivity index is 1.08. The normalized spacial score (nSPS) is 13.6. The van der Waals surface area contributed by atoms with Crippen LogP contribution in [0.25, 0.3) is 11.1 Å². The van der Waals surface area contributed by atoms with Gasteiger partial charge in [0.1, 0.15) is 24.5 Å². The van der Waals surface area contributed by atoms with E-state index in [0.29, 0.717) is 13.0 Å². The van der Waals surface area contributed by atoms with Gasteiger partial charge in [-0.05, 0) is 103 Å². The quantitative estimate of drug-likeness (QED) is 0.0107. The number of hydrogen-bond acceptors (Lipinski definition) is 13. The van der Waals surface area contributed by atoms with Crippen LogP contribution >= 0.6 is 8.53 Å². The van der Waals surface area contributed by atoms with Crippen LogP contribution in [-0.4, -0.2) is 96.8 Å². The number of nitriles is 1. The first-order valence-electron chi connectivity index (χ1n) is 24.3. The minimum atomic E-state index is -2.50. The van der Waals surface area contributed by atoms with Gasteiger partial charge in [0.15, 0.2) is 0 Å². The number of carbonyl (C=O) groups excluding carboxylic acids is 3. The van der Waals surface area contributed by atoms with E-state index in [4.69, 9.17) is 24.6 Å². The summed E-state index contributed by atoms with van der Waals surface area (Å²) < 4.78 is 17.4. The van der Waals surface area contributed by atoms with Crippen molar-refractivity contribution >= 4 is 26.3 Å². The van der Waals surface area contributed by atoms with Crippen molar-refractivity contribution in [3.63, 3.8) is 0 Å². The second-order valence-electron chi connectivity index (χ2n) is 17.9. The number of nitrogens with zero attached hydrogens (tertiary/aromatic N) is 3. The fourth-order valence-corrected chi connectivity index (χ4v) is 10.3. The van der Waals surface area contributed by atoms with E-state index in [9.17, 15) is 24.5 Å². The molecule has 1 aliphatic rings. The maximum absolute atomic E-state index is 13.6. The Morgan fingerprint density at radius 3 is 1.82 bits per heavy atom. The molecule has 0 aliphatic heterocycles. The summed E-state index contributed by atoms with van der Waals surface area (Å²) >= 11 is 0. The summed E-state index contributed by atoms with van der Waals surface area (Å²) in [4.78, 5) is 58.8. The zero-order valence-electron chi connectivity index (χ0n) is 41.3. The summed E-state index contributed by atoms with van der Waals surface area (Å²) in [7, 11) is -0.867. The summed E-state index contributed by atoms with van der Waals surface area (Å²) in [5, 5.41) is 20.6. The minimum absolute atomic E-state index is 0.000403. The van der Waals surface area contributed by atoms with Crippen molar-refractivity contribution in [2.45, 2.75) is 95.5 Å². The van der Waals surface area contributed by atoms with E-state index in [2.05, 4.69) is 58.4 Å². The van der Waals surface area contributed by atoms with Crippen LogP contribution in [0.15, 0.2) is 133 Å². The van der Waals surface area contributed by atoms with Gasteiger partial charge >= 0.3 is 5.97 Å². The highest BCUT2D eigenvalue weighted by Gasteiger charge is 2.37. The summed E-state index contributed by atoms with van der Waals surface area (Å²) in [5.41, 5.74) is 13.0. The minimum Gasteiger partial charge on any atom is -0.497 e. The van der Waals surface area contributed by atoms with Gasteiger partial charge in [-0.2, -0.15) is 5.26 Å². The zero-order chi connectivity index (χ0) is 50.8. The molecule has 5 aromatic rings. The lowest BCUT2D eigenvalue weighted by Gasteiger charge is -2.40. The monoisotopic (exact) mass is 985 g/mol. The molecule has 16 heteroatoms. The lowest BCUT2D eigenvalue weighted by Crippen LogP contribution is -2.49. The van der Waals surface area contributed by atoms with Crippen LogP contribution in [0.4, 0.5) is 0 Å². The standard InChI is InChI=1S/C55H68N7O8P/c1-39(2)61(40(3)4)62(69-35-17-33-56)71(66)70-45(37-59-53(64)32-31-51(57)54(65)68-38-50-48-24-14-12-22-46(48)47-23-13-15-25-49(47)50)36-58-52(63)26-16-34-60-55(41-18-8-6-9-19-41,42-20-10-7-11-21-42)43-27-29-44(67-5)30-28-43/h6-15,18-25,27-30,39-40,45,50-51,60,66H,16-17,26,31-32,34-38,57H2,1-5H3,(H,58,63)(H,59,64). The third-order valence-electron chi connectivity index (χ3n) is 12.4. The van der Waals surface area contributed by atoms with Crippen molar-refractivity contribution in [2.75, 3.05) is 40.0 Å². The molecule has 376 valence electrons. The zero-order valence-corrected chi connectivity index (χ0v) is 42.2. The van der Waals surface area contributed by atoms with Crippen LogP contribution in [0.3, 0.4) is 0 Å². The predicted octanol–water partition coefficient (Wildman–Crippen LogP) is 7.84. The molecule has 3 unspecified atom stereocenters. The van der Waals surface area contributed by atoms with E-state index in [1.54, 1.807) is 12.1 Å². The topological polar surface area (TPSA) is 201 Å². The molecule has 71 heavy (non-hydrogen) atoms. The molecular weight excluding hydrogens is 918 g/mol. The molecule has 0 radical (unpaired) electrons. The van der Waals surface area contributed by atoms with Gasteiger partial charge in [0.2, 0.25) is 11.8 Å². The van der Waals surface area contributed by atoms with Gasteiger partial charge in [-0.3, -0.25) is 24.5 Å². The van der Waals surface area contributed by atoms with Crippen molar-refractivity contribution in [3.8, 4) is 22.9 Å². The Kier molecular flexibility index (Phi) is 20.6. The van der Waals surface area contributed by atoms with Gasteiger partial charge in [0, 0.05) is 43.9 Å². The molecule has 1 aliphatic carbocycles. The second-order valence-corrected chi connectivity index (χ2v) is 19.0. The maximum Gasteiger partial charge on any atom is 0.322 e. The molecule has 3 atom stereocenters. The molecule has 0 saturated carbocycles. The molecule has 0 saturated heterocycles. The number of benzene rings is 5. The Bertz CT molecular complexity index is 2420. The number of ether oxygens (including phenoxy) is 2. The van der Waals surface area contributed by atoms with Crippen LogP contribution in [0.1, 0.15) is 93.5 Å². The van der Waals surface area contributed by atoms with Gasteiger partial charge in [-0.1, -0.05) is 121 Å². The molecule has 6 rings (SSSR count). The lowest BCUT2D eigenvalue weighted by atomic mass is 9.77. The van der Waals surface area contributed by atoms with Crippen molar-refractivity contribution in [1.29, 1.82) is 5.26 Å². The van der Waals surface area contributed by atoms with Crippen LogP contribution in [0.5, 0.6) is 5.75 Å². The summed E-state index contributed by atoms with van der Waals surface area (Å²) in [5.74, 6) is -0.663. The number of hydrogen-bond donors (Lipinski definition) is 5. The summed E-state index contributed by atoms with van der Waals surface area (Å²) in [6.07, 6.45) is -0.279. The maximum atomic E-state index is 13.6. The third-order valence-corrected chi connectivity index (χ3v) is 13.5. The fraction of sp³-hybridized carbons (Fsp3) is 0.382.